The summed E-state index contributed by atoms with van der Waals surface area (Å²) in [5, 5.41) is 8.99. The molecule has 3 aromatic heterocycles. The number of nitrogens with one attached hydrogen (secondary N) is 1. The van der Waals surface area contributed by atoms with E-state index in [1.54, 1.807) is 29.7 Å². The SMILES string of the molecule is Cc1ccnc2nc(C(=O)Nc3cccc(C#Cc4cccs4)c3)nn12. The molecule has 6 nitrogen and oxygen atoms in total. The van der Waals surface area contributed by atoms with Crippen LogP contribution >= 0.6 is 11.3 Å². The molecule has 0 saturated heterocycles. The number of thiophene rings is 1. The maximum Gasteiger partial charge on any atom is 0.295 e. The summed E-state index contributed by atoms with van der Waals surface area (Å²) in [6, 6.07) is 13.1. The predicted octanol–water partition coefficient (Wildman–Crippen LogP) is 3.15. The Morgan fingerprint density at radius 3 is 2.92 bits per heavy atom. The van der Waals surface area contributed by atoms with E-state index in [9.17, 15) is 4.79 Å². The van der Waals surface area contributed by atoms with E-state index in [2.05, 4.69) is 32.2 Å². The van der Waals surface area contributed by atoms with Crippen molar-refractivity contribution < 1.29 is 4.79 Å². The second kappa shape index (κ2) is 6.78. The number of hydrogen-bond acceptors (Lipinski definition) is 5. The Hall–Kier alpha value is -3.50. The number of benzene rings is 1. The molecular formula is C19H13N5OS. The quantitative estimate of drug-likeness (QED) is 0.558. The molecule has 1 N–H and O–H groups in total. The van der Waals surface area contributed by atoms with Gasteiger partial charge < -0.3 is 5.32 Å². The molecule has 0 bridgehead atoms. The van der Waals surface area contributed by atoms with Gasteiger partial charge in [-0.15, -0.1) is 16.4 Å². The van der Waals surface area contributed by atoms with Crippen LogP contribution in [0.25, 0.3) is 5.78 Å². The van der Waals surface area contributed by atoms with Gasteiger partial charge in [0, 0.05) is 23.1 Å². The second-order valence-corrected chi connectivity index (χ2v) is 6.44. The Morgan fingerprint density at radius 1 is 1.19 bits per heavy atom. The van der Waals surface area contributed by atoms with Gasteiger partial charge in [0.2, 0.25) is 5.82 Å². The average Bonchev–Trinajstić information content (AvgIpc) is 3.30. The van der Waals surface area contributed by atoms with Crippen molar-refractivity contribution in [2.24, 2.45) is 0 Å². The third-order valence-electron chi connectivity index (χ3n) is 3.60. The van der Waals surface area contributed by atoms with Crippen LogP contribution in [0.1, 0.15) is 26.8 Å². The van der Waals surface area contributed by atoms with Gasteiger partial charge in [0.05, 0.1) is 4.88 Å². The Labute approximate surface area is 153 Å². The van der Waals surface area contributed by atoms with E-state index >= 15 is 0 Å². The van der Waals surface area contributed by atoms with E-state index in [1.807, 2.05) is 42.6 Å². The highest BCUT2D eigenvalue weighted by atomic mass is 32.1. The molecule has 0 aliphatic carbocycles. The normalized spacial score (nSPS) is 10.3. The first-order valence-corrected chi connectivity index (χ1v) is 8.72. The number of anilines is 1. The van der Waals surface area contributed by atoms with E-state index in [0.717, 1.165) is 16.1 Å². The molecule has 0 aliphatic rings. The van der Waals surface area contributed by atoms with Gasteiger partial charge in [-0.1, -0.05) is 24.0 Å². The van der Waals surface area contributed by atoms with Gasteiger partial charge in [-0.05, 0) is 42.6 Å². The van der Waals surface area contributed by atoms with Crippen molar-refractivity contribution in [2.45, 2.75) is 6.92 Å². The van der Waals surface area contributed by atoms with Gasteiger partial charge in [0.15, 0.2) is 0 Å². The summed E-state index contributed by atoms with van der Waals surface area (Å²) in [6.45, 7) is 1.88. The van der Waals surface area contributed by atoms with Crippen molar-refractivity contribution in [3.8, 4) is 11.8 Å². The molecule has 0 saturated carbocycles. The highest BCUT2D eigenvalue weighted by Crippen LogP contribution is 2.12. The number of aryl methyl sites for hydroxylation is 1. The average molecular weight is 359 g/mol. The molecule has 7 heteroatoms. The number of rotatable bonds is 2. The lowest BCUT2D eigenvalue weighted by Gasteiger charge is -2.02. The van der Waals surface area contributed by atoms with Crippen molar-refractivity contribution in [2.75, 3.05) is 5.32 Å². The van der Waals surface area contributed by atoms with Crippen LogP contribution in [0.5, 0.6) is 0 Å². The van der Waals surface area contributed by atoms with Crippen LogP contribution in [0.4, 0.5) is 5.69 Å². The highest BCUT2D eigenvalue weighted by molar-refractivity contribution is 7.10. The van der Waals surface area contributed by atoms with Crippen molar-refractivity contribution in [1.82, 2.24) is 19.6 Å². The lowest BCUT2D eigenvalue weighted by atomic mass is 10.2. The van der Waals surface area contributed by atoms with Crippen LogP contribution in [-0.4, -0.2) is 25.5 Å². The molecular weight excluding hydrogens is 346 g/mol. The lowest BCUT2D eigenvalue weighted by Crippen LogP contribution is -2.14. The zero-order chi connectivity index (χ0) is 17.9. The van der Waals surface area contributed by atoms with Crippen molar-refractivity contribution >= 4 is 28.7 Å². The number of amides is 1. The summed E-state index contributed by atoms with van der Waals surface area (Å²) in [7, 11) is 0. The van der Waals surface area contributed by atoms with Gasteiger partial charge in [0.25, 0.3) is 11.7 Å². The van der Waals surface area contributed by atoms with Gasteiger partial charge >= 0.3 is 0 Å². The minimum Gasteiger partial charge on any atom is -0.319 e. The first-order chi connectivity index (χ1) is 12.7. The maximum absolute atomic E-state index is 12.4. The van der Waals surface area contributed by atoms with Crippen LogP contribution in [0.2, 0.25) is 0 Å². The standard InChI is InChI=1S/C19H13N5OS/c1-13-9-10-20-19-22-17(23-24(13)19)18(25)21-15-5-2-4-14(12-15)7-8-16-6-3-11-26-16/h2-6,9-12H,1H3,(H,21,25). The minimum atomic E-state index is -0.390. The zero-order valence-corrected chi connectivity index (χ0v) is 14.6. The van der Waals surface area contributed by atoms with Gasteiger partial charge in [-0.3, -0.25) is 4.79 Å². The summed E-state index contributed by atoms with van der Waals surface area (Å²) >= 11 is 1.59. The number of hydrogen-bond donors (Lipinski definition) is 1. The first kappa shape index (κ1) is 16.0. The molecule has 0 unspecified atom stereocenters. The van der Waals surface area contributed by atoms with Crippen molar-refractivity contribution in [3.63, 3.8) is 0 Å². The van der Waals surface area contributed by atoms with Crippen LogP contribution in [-0.2, 0) is 0 Å². The number of aromatic nitrogens is 4. The number of fused-ring (bicyclic) bond motifs is 1. The molecule has 1 amide bonds. The molecule has 0 spiro atoms. The van der Waals surface area contributed by atoms with Crippen molar-refractivity contribution in [3.05, 3.63) is 76.0 Å². The molecule has 0 atom stereocenters. The molecule has 0 fully saturated rings. The molecule has 1 aromatic carbocycles. The molecule has 4 aromatic rings. The van der Waals surface area contributed by atoms with Gasteiger partial charge in [-0.25, -0.2) is 9.50 Å². The lowest BCUT2D eigenvalue weighted by molar-refractivity contribution is 0.101. The summed E-state index contributed by atoms with van der Waals surface area (Å²) < 4.78 is 1.54. The van der Waals surface area contributed by atoms with E-state index in [0.29, 0.717) is 11.5 Å². The maximum atomic E-state index is 12.4. The van der Waals surface area contributed by atoms with E-state index in [1.165, 1.54) is 4.52 Å². The van der Waals surface area contributed by atoms with Gasteiger partial charge in [0.1, 0.15) is 0 Å². The number of carbonyl (C=O) groups is 1. The van der Waals surface area contributed by atoms with Gasteiger partial charge in [-0.2, -0.15) is 4.98 Å². The highest BCUT2D eigenvalue weighted by Gasteiger charge is 2.14. The van der Waals surface area contributed by atoms with E-state index in [-0.39, 0.29) is 5.82 Å². The molecule has 0 aliphatic heterocycles. The Kier molecular flexibility index (Phi) is 4.17. The Morgan fingerprint density at radius 2 is 2.12 bits per heavy atom. The smallest absolute Gasteiger partial charge is 0.295 e. The molecule has 26 heavy (non-hydrogen) atoms. The van der Waals surface area contributed by atoms with E-state index < -0.39 is 5.91 Å². The zero-order valence-electron chi connectivity index (χ0n) is 13.8. The van der Waals surface area contributed by atoms with Crippen LogP contribution in [0.15, 0.2) is 54.0 Å². The number of carbonyl (C=O) groups excluding carboxylic acids is 1. The largest absolute Gasteiger partial charge is 0.319 e. The Balaban J connectivity index is 1.55. The first-order valence-electron chi connectivity index (χ1n) is 7.84. The third-order valence-corrected chi connectivity index (χ3v) is 4.39. The fourth-order valence-electron chi connectivity index (χ4n) is 2.35. The predicted molar refractivity (Wildman–Crippen MR) is 100 cm³/mol. The third kappa shape index (κ3) is 3.31. The topological polar surface area (TPSA) is 72.2 Å². The van der Waals surface area contributed by atoms with Crippen LogP contribution in [0.3, 0.4) is 0 Å². The summed E-state index contributed by atoms with van der Waals surface area (Å²) in [5.41, 5.74) is 2.31. The fourth-order valence-corrected chi connectivity index (χ4v) is 2.92. The van der Waals surface area contributed by atoms with Crippen molar-refractivity contribution in [1.29, 1.82) is 0 Å². The summed E-state index contributed by atoms with van der Waals surface area (Å²) in [6.07, 6.45) is 1.64. The molecule has 4 rings (SSSR count). The molecule has 3 heterocycles. The Bertz CT molecular complexity index is 1150. The summed E-state index contributed by atoms with van der Waals surface area (Å²) in [5.74, 6) is 6.26. The minimum absolute atomic E-state index is 0.0712. The van der Waals surface area contributed by atoms with Crippen LogP contribution in [0, 0.1) is 18.8 Å². The number of nitrogens with zero attached hydrogens (tertiary/aromatic N) is 4. The molecule has 126 valence electrons. The fraction of sp³-hybridized carbons (Fsp3) is 0.0526. The monoisotopic (exact) mass is 359 g/mol. The van der Waals surface area contributed by atoms with E-state index in [4.69, 9.17) is 0 Å². The second-order valence-electron chi connectivity index (χ2n) is 5.50. The summed E-state index contributed by atoms with van der Waals surface area (Å²) in [4.78, 5) is 21.7. The van der Waals surface area contributed by atoms with Crippen LogP contribution < -0.4 is 5.32 Å². The molecule has 0 radical (unpaired) electrons.